The first-order valence-electron chi connectivity index (χ1n) is 10.5. The minimum atomic E-state index is -0.528. The summed E-state index contributed by atoms with van der Waals surface area (Å²) in [5.74, 6) is 1.73. The number of hydrogen-bond acceptors (Lipinski definition) is 4. The lowest BCUT2D eigenvalue weighted by atomic mass is 9.87. The lowest BCUT2D eigenvalue weighted by molar-refractivity contribution is -0.142. The monoisotopic (exact) mass is 385 g/mol. The van der Waals surface area contributed by atoms with Gasteiger partial charge in [-0.1, -0.05) is 6.42 Å². The van der Waals surface area contributed by atoms with Crippen molar-refractivity contribution in [2.24, 2.45) is 17.8 Å². The van der Waals surface area contributed by atoms with Crippen LogP contribution in [0.2, 0.25) is 0 Å². The molecule has 2 aliphatic carbocycles. The number of ether oxygens (including phenoxy) is 1. The van der Waals surface area contributed by atoms with E-state index in [0.29, 0.717) is 25.6 Å². The fraction of sp³-hybridized carbons (Fsp3) is 0.682. The molecule has 2 bridgehead atoms. The van der Waals surface area contributed by atoms with E-state index >= 15 is 0 Å². The molecule has 4 atom stereocenters. The topological polar surface area (TPSA) is 62.7 Å². The Labute approximate surface area is 167 Å². The Bertz CT molecular complexity index is 730. The Morgan fingerprint density at radius 2 is 1.86 bits per heavy atom. The van der Waals surface area contributed by atoms with E-state index in [2.05, 4.69) is 4.98 Å². The van der Waals surface area contributed by atoms with Crippen LogP contribution in [-0.2, 0) is 9.53 Å². The molecule has 6 heteroatoms. The summed E-state index contributed by atoms with van der Waals surface area (Å²) in [6, 6.07) is 3.75. The summed E-state index contributed by atoms with van der Waals surface area (Å²) in [6.07, 6.45) is 7.93. The van der Waals surface area contributed by atoms with Gasteiger partial charge >= 0.3 is 6.09 Å². The van der Waals surface area contributed by atoms with Crippen LogP contribution in [0.1, 0.15) is 58.1 Å². The number of carbonyl (C=O) groups is 2. The van der Waals surface area contributed by atoms with Crippen molar-refractivity contribution < 1.29 is 14.3 Å². The molecule has 1 saturated heterocycles. The van der Waals surface area contributed by atoms with Gasteiger partial charge < -0.3 is 14.5 Å². The maximum absolute atomic E-state index is 13.5. The van der Waals surface area contributed by atoms with E-state index in [1.807, 2.05) is 37.8 Å². The van der Waals surface area contributed by atoms with E-state index in [4.69, 9.17) is 4.74 Å². The number of amides is 2. The average Bonchev–Trinajstić information content (AvgIpc) is 3.30. The van der Waals surface area contributed by atoms with Gasteiger partial charge in [0.2, 0.25) is 5.91 Å². The smallest absolute Gasteiger partial charge is 0.410 e. The third-order valence-electron chi connectivity index (χ3n) is 6.46. The predicted octanol–water partition coefficient (Wildman–Crippen LogP) is 3.64. The number of pyridine rings is 1. The number of rotatable bonds is 2. The van der Waals surface area contributed by atoms with Gasteiger partial charge in [0.05, 0.1) is 6.04 Å². The third kappa shape index (κ3) is 3.87. The van der Waals surface area contributed by atoms with Crippen LogP contribution in [0.25, 0.3) is 0 Å². The maximum Gasteiger partial charge on any atom is 0.410 e. The van der Waals surface area contributed by atoms with Crippen molar-refractivity contribution in [3.8, 4) is 0 Å². The van der Waals surface area contributed by atoms with Crippen LogP contribution in [0.3, 0.4) is 0 Å². The van der Waals surface area contributed by atoms with Gasteiger partial charge in [0.25, 0.3) is 0 Å². The quantitative estimate of drug-likeness (QED) is 0.780. The van der Waals surface area contributed by atoms with Crippen LogP contribution in [0.5, 0.6) is 0 Å². The van der Waals surface area contributed by atoms with Crippen molar-refractivity contribution in [1.82, 2.24) is 14.8 Å². The molecule has 0 unspecified atom stereocenters. The molecular weight excluding hydrogens is 354 g/mol. The second-order valence-electron chi connectivity index (χ2n) is 9.54. The first-order chi connectivity index (χ1) is 13.3. The molecule has 1 aromatic rings. The van der Waals surface area contributed by atoms with Gasteiger partial charge in [0.1, 0.15) is 5.60 Å². The summed E-state index contributed by atoms with van der Waals surface area (Å²) in [6.45, 7) is 7.16. The van der Waals surface area contributed by atoms with Gasteiger partial charge in [-0.25, -0.2) is 4.79 Å². The van der Waals surface area contributed by atoms with Crippen LogP contribution in [-0.4, -0.2) is 52.0 Å². The van der Waals surface area contributed by atoms with E-state index in [0.717, 1.165) is 17.9 Å². The highest BCUT2D eigenvalue weighted by atomic mass is 16.6. The Kier molecular flexibility index (Phi) is 5.06. The second-order valence-corrected chi connectivity index (χ2v) is 9.54. The Hall–Kier alpha value is -2.11. The summed E-state index contributed by atoms with van der Waals surface area (Å²) in [4.78, 5) is 33.9. The van der Waals surface area contributed by atoms with Crippen LogP contribution in [0.15, 0.2) is 24.5 Å². The molecule has 2 saturated carbocycles. The molecule has 0 aromatic carbocycles. The molecule has 28 heavy (non-hydrogen) atoms. The Balaban J connectivity index is 1.53. The standard InChI is InChI=1S/C22H31N3O3/c1-22(2,3)28-21(27)24-10-11-25(19(14-24)16-6-8-23-9-7-16)20(26)18-13-15-4-5-17(18)12-15/h6-9,15,17-19H,4-5,10-14H2,1-3H3/t15-,17-,18+,19+/m0/s1. The fourth-order valence-electron chi connectivity index (χ4n) is 5.17. The molecule has 0 spiro atoms. The normalized spacial score (nSPS) is 29.8. The van der Waals surface area contributed by atoms with Crippen LogP contribution < -0.4 is 0 Å². The summed E-state index contributed by atoms with van der Waals surface area (Å²) < 4.78 is 5.57. The molecule has 2 heterocycles. The zero-order chi connectivity index (χ0) is 19.9. The molecular formula is C22H31N3O3. The van der Waals surface area contributed by atoms with Crippen molar-refractivity contribution in [2.75, 3.05) is 19.6 Å². The largest absolute Gasteiger partial charge is 0.444 e. The lowest BCUT2D eigenvalue weighted by Crippen LogP contribution is -2.54. The van der Waals surface area contributed by atoms with Gasteiger partial charge in [-0.05, 0) is 69.6 Å². The fourth-order valence-corrected chi connectivity index (χ4v) is 5.17. The molecule has 0 N–H and O–H groups in total. The van der Waals surface area contributed by atoms with Gasteiger partial charge in [-0.2, -0.15) is 0 Å². The number of hydrogen-bond donors (Lipinski definition) is 0. The van der Waals surface area contributed by atoms with E-state index < -0.39 is 5.60 Å². The number of aromatic nitrogens is 1. The molecule has 2 amide bonds. The van der Waals surface area contributed by atoms with E-state index in [1.54, 1.807) is 17.3 Å². The molecule has 3 fully saturated rings. The van der Waals surface area contributed by atoms with Crippen molar-refractivity contribution >= 4 is 12.0 Å². The number of nitrogens with zero attached hydrogens (tertiary/aromatic N) is 3. The van der Waals surface area contributed by atoms with Crippen molar-refractivity contribution in [3.63, 3.8) is 0 Å². The predicted molar refractivity (Wildman–Crippen MR) is 105 cm³/mol. The Morgan fingerprint density at radius 1 is 1.11 bits per heavy atom. The van der Waals surface area contributed by atoms with Crippen molar-refractivity contribution in [1.29, 1.82) is 0 Å². The molecule has 1 aliphatic heterocycles. The van der Waals surface area contributed by atoms with Gasteiger partial charge in [-0.3, -0.25) is 9.78 Å². The highest BCUT2D eigenvalue weighted by molar-refractivity contribution is 5.81. The first kappa shape index (κ1) is 19.2. The highest BCUT2D eigenvalue weighted by Gasteiger charge is 2.46. The molecule has 6 nitrogen and oxygen atoms in total. The van der Waals surface area contributed by atoms with Gasteiger partial charge in [0, 0.05) is 37.9 Å². The first-order valence-corrected chi connectivity index (χ1v) is 10.5. The van der Waals surface area contributed by atoms with E-state index in [1.165, 1.54) is 19.3 Å². The highest BCUT2D eigenvalue weighted by Crippen LogP contribution is 2.49. The van der Waals surface area contributed by atoms with E-state index in [9.17, 15) is 9.59 Å². The average molecular weight is 386 g/mol. The summed E-state index contributed by atoms with van der Waals surface area (Å²) in [5.41, 5.74) is 0.499. The minimum absolute atomic E-state index is 0.143. The summed E-state index contributed by atoms with van der Waals surface area (Å²) in [7, 11) is 0. The SMILES string of the molecule is CC(C)(C)OC(=O)N1CCN(C(=O)[C@@H]2C[C@H]3CC[C@H]2C3)[C@@H](c2ccncc2)C1. The minimum Gasteiger partial charge on any atom is -0.444 e. The zero-order valence-electron chi connectivity index (χ0n) is 17.1. The zero-order valence-corrected chi connectivity index (χ0v) is 17.1. The van der Waals surface area contributed by atoms with Crippen molar-refractivity contribution in [2.45, 2.75) is 58.1 Å². The molecule has 0 radical (unpaired) electrons. The molecule has 3 aliphatic rings. The summed E-state index contributed by atoms with van der Waals surface area (Å²) in [5, 5.41) is 0. The number of fused-ring (bicyclic) bond motifs is 2. The lowest BCUT2D eigenvalue weighted by Gasteiger charge is -2.43. The molecule has 152 valence electrons. The van der Waals surface area contributed by atoms with Gasteiger partial charge in [-0.15, -0.1) is 0 Å². The van der Waals surface area contributed by atoms with Crippen LogP contribution in [0.4, 0.5) is 4.79 Å². The van der Waals surface area contributed by atoms with Crippen LogP contribution in [0, 0.1) is 17.8 Å². The summed E-state index contributed by atoms with van der Waals surface area (Å²) >= 11 is 0. The van der Waals surface area contributed by atoms with Crippen molar-refractivity contribution in [3.05, 3.63) is 30.1 Å². The third-order valence-corrected chi connectivity index (χ3v) is 6.46. The molecule has 1 aromatic heterocycles. The number of piperazine rings is 1. The Morgan fingerprint density at radius 3 is 2.46 bits per heavy atom. The maximum atomic E-state index is 13.5. The van der Waals surface area contributed by atoms with E-state index in [-0.39, 0.29) is 24.0 Å². The molecule has 4 rings (SSSR count). The second kappa shape index (κ2) is 7.37. The number of carbonyl (C=O) groups excluding carboxylic acids is 2. The van der Waals surface area contributed by atoms with Gasteiger partial charge in [0.15, 0.2) is 0 Å². The van der Waals surface area contributed by atoms with Crippen LogP contribution >= 0.6 is 0 Å².